The third-order valence-corrected chi connectivity index (χ3v) is 3.92. The van der Waals surface area contributed by atoms with Gasteiger partial charge in [-0.3, -0.25) is 0 Å². The van der Waals surface area contributed by atoms with Gasteiger partial charge in [-0.1, -0.05) is 6.07 Å². The lowest BCUT2D eigenvalue weighted by molar-refractivity contribution is 0.393. The first-order chi connectivity index (χ1) is 7.84. The van der Waals surface area contributed by atoms with E-state index in [1.165, 1.54) is 0 Å². The van der Waals surface area contributed by atoms with E-state index in [2.05, 4.69) is 4.98 Å². The lowest BCUT2D eigenvalue weighted by atomic mass is 10.3. The van der Waals surface area contributed by atoms with E-state index in [0.717, 1.165) is 5.69 Å². The first-order valence-corrected chi connectivity index (χ1v) is 6.58. The minimum atomic E-state index is -1.04. The minimum absolute atomic E-state index is 0.256. The maximum Gasteiger partial charge on any atom is 0.213 e. The summed E-state index contributed by atoms with van der Waals surface area (Å²) in [5, 5.41) is 0. The van der Waals surface area contributed by atoms with Crippen molar-refractivity contribution in [1.29, 1.82) is 0 Å². The molecular weight excluding hydrogens is 236 g/mol. The molecule has 0 amide bonds. The zero-order valence-electron chi connectivity index (χ0n) is 11.1. The molecule has 1 atom stereocenters. The van der Waals surface area contributed by atoms with Crippen LogP contribution >= 0.6 is 0 Å². The summed E-state index contributed by atoms with van der Waals surface area (Å²) in [5.74, 6) is 0.581. The number of methoxy groups -OCH3 is 1. The van der Waals surface area contributed by atoms with Gasteiger partial charge in [0.2, 0.25) is 5.88 Å². The lowest BCUT2D eigenvalue weighted by Crippen LogP contribution is -2.34. The topological polar surface area (TPSA) is 42.4 Å². The first kappa shape index (κ1) is 14.1. The Hall–Kier alpha value is -0.940. The van der Waals surface area contributed by atoms with E-state index < -0.39 is 11.0 Å². The summed E-state index contributed by atoms with van der Waals surface area (Å²) in [7, 11) is 2.38. The van der Waals surface area contributed by atoms with Crippen LogP contribution in [-0.4, -0.2) is 32.4 Å². The SMILES string of the molecule is COc1cccc(CN(C)[S@@](=O)C(C)(C)C)n1. The Morgan fingerprint density at radius 2 is 2.06 bits per heavy atom. The zero-order chi connectivity index (χ0) is 13.1. The molecule has 1 aromatic rings. The van der Waals surface area contributed by atoms with Gasteiger partial charge < -0.3 is 4.74 Å². The van der Waals surface area contributed by atoms with Crippen LogP contribution in [0, 0.1) is 0 Å². The Morgan fingerprint density at radius 1 is 1.41 bits per heavy atom. The van der Waals surface area contributed by atoms with Crippen LogP contribution in [0.25, 0.3) is 0 Å². The molecule has 0 bridgehead atoms. The molecule has 0 aliphatic rings. The number of aromatic nitrogens is 1. The van der Waals surface area contributed by atoms with E-state index in [4.69, 9.17) is 4.74 Å². The molecule has 0 aliphatic heterocycles. The molecule has 0 spiro atoms. The van der Waals surface area contributed by atoms with Gasteiger partial charge in [-0.25, -0.2) is 13.5 Å². The second-order valence-corrected chi connectivity index (χ2v) is 7.17. The van der Waals surface area contributed by atoms with Crippen LogP contribution in [0.15, 0.2) is 18.2 Å². The van der Waals surface area contributed by atoms with Crippen molar-refractivity contribution in [2.45, 2.75) is 32.1 Å². The van der Waals surface area contributed by atoms with Crippen LogP contribution in [0.2, 0.25) is 0 Å². The summed E-state index contributed by atoms with van der Waals surface area (Å²) >= 11 is 0. The normalized spacial score (nSPS) is 13.8. The molecule has 5 heteroatoms. The Kier molecular flexibility index (Phi) is 4.65. The van der Waals surface area contributed by atoms with Crippen molar-refractivity contribution in [2.24, 2.45) is 0 Å². The van der Waals surface area contributed by atoms with Crippen LogP contribution in [0.5, 0.6) is 5.88 Å². The highest BCUT2D eigenvalue weighted by molar-refractivity contribution is 7.84. The summed E-state index contributed by atoms with van der Waals surface area (Å²) in [6.07, 6.45) is 0. The van der Waals surface area contributed by atoms with Gasteiger partial charge in [0, 0.05) is 13.1 Å². The summed E-state index contributed by atoms with van der Waals surface area (Å²) < 4.78 is 18.7. The Labute approximate surface area is 106 Å². The largest absolute Gasteiger partial charge is 0.481 e. The van der Waals surface area contributed by atoms with E-state index in [9.17, 15) is 4.21 Å². The van der Waals surface area contributed by atoms with Crippen LogP contribution in [0.3, 0.4) is 0 Å². The Morgan fingerprint density at radius 3 is 2.59 bits per heavy atom. The van der Waals surface area contributed by atoms with Gasteiger partial charge in [-0.2, -0.15) is 0 Å². The molecule has 0 unspecified atom stereocenters. The van der Waals surface area contributed by atoms with Gasteiger partial charge in [-0.05, 0) is 26.8 Å². The van der Waals surface area contributed by atoms with Crippen LogP contribution < -0.4 is 4.74 Å². The monoisotopic (exact) mass is 256 g/mol. The van der Waals surface area contributed by atoms with Crippen molar-refractivity contribution in [3.05, 3.63) is 23.9 Å². The number of ether oxygens (including phenoxy) is 1. The highest BCUT2D eigenvalue weighted by Crippen LogP contribution is 2.16. The molecule has 4 nitrogen and oxygen atoms in total. The smallest absolute Gasteiger partial charge is 0.213 e. The van der Waals surface area contributed by atoms with Crippen molar-refractivity contribution >= 4 is 11.0 Å². The molecule has 1 heterocycles. The quantitative estimate of drug-likeness (QED) is 0.827. The predicted octanol–water partition coefficient (Wildman–Crippen LogP) is 1.98. The molecule has 1 aromatic heterocycles. The van der Waals surface area contributed by atoms with E-state index >= 15 is 0 Å². The van der Waals surface area contributed by atoms with Crippen LogP contribution in [-0.2, 0) is 17.5 Å². The average molecular weight is 256 g/mol. The van der Waals surface area contributed by atoms with E-state index in [0.29, 0.717) is 12.4 Å². The predicted molar refractivity (Wildman–Crippen MR) is 70.2 cm³/mol. The lowest BCUT2D eigenvalue weighted by Gasteiger charge is -2.25. The summed E-state index contributed by atoms with van der Waals surface area (Å²) in [6, 6.07) is 5.58. The van der Waals surface area contributed by atoms with Crippen molar-refractivity contribution in [3.63, 3.8) is 0 Å². The third-order valence-electron chi connectivity index (χ3n) is 2.18. The van der Waals surface area contributed by atoms with Crippen LogP contribution in [0.1, 0.15) is 26.5 Å². The van der Waals surface area contributed by atoms with E-state index in [-0.39, 0.29) is 4.75 Å². The fourth-order valence-corrected chi connectivity index (χ4v) is 2.60. The molecule has 0 aliphatic carbocycles. The van der Waals surface area contributed by atoms with Gasteiger partial charge in [0.25, 0.3) is 0 Å². The summed E-state index contributed by atoms with van der Waals surface area (Å²) in [4.78, 5) is 4.30. The molecule has 1 rings (SSSR count). The molecule has 96 valence electrons. The van der Waals surface area contributed by atoms with Gasteiger partial charge >= 0.3 is 0 Å². The van der Waals surface area contributed by atoms with Crippen molar-refractivity contribution in [1.82, 2.24) is 9.29 Å². The molecular formula is C12H20N2O2S. The molecule has 0 saturated carbocycles. The number of rotatable bonds is 4. The minimum Gasteiger partial charge on any atom is -0.481 e. The second kappa shape index (κ2) is 5.60. The van der Waals surface area contributed by atoms with Gasteiger partial charge in [0.15, 0.2) is 0 Å². The van der Waals surface area contributed by atoms with Gasteiger partial charge in [0.1, 0.15) is 0 Å². The summed E-state index contributed by atoms with van der Waals surface area (Å²) in [5.41, 5.74) is 0.851. The van der Waals surface area contributed by atoms with Crippen molar-refractivity contribution < 1.29 is 8.95 Å². The molecule has 17 heavy (non-hydrogen) atoms. The van der Waals surface area contributed by atoms with E-state index in [1.807, 2.05) is 40.0 Å². The molecule has 0 aromatic carbocycles. The summed E-state index contributed by atoms with van der Waals surface area (Å²) in [6.45, 7) is 6.41. The highest BCUT2D eigenvalue weighted by atomic mass is 32.2. The second-order valence-electron chi connectivity index (χ2n) is 4.82. The number of hydrogen-bond donors (Lipinski definition) is 0. The standard InChI is InChI=1S/C12H20N2O2S/c1-12(2,3)17(15)14(4)9-10-7-6-8-11(13-10)16-5/h6-8H,9H2,1-5H3/t17-/m0/s1. The Bertz CT molecular complexity index is 402. The van der Waals surface area contributed by atoms with Crippen molar-refractivity contribution in [2.75, 3.05) is 14.2 Å². The third kappa shape index (κ3) is 4.09. The first-order valence-electron chi connectivity index (χ1n) is 5.47. The van der Waals surface area contributed by atoms with E-state index in [1.54, 1.807) is 17.5 Å². The molecule has 0 fully saturated rings. The van der Waals surface area contributed by atoms with Crippen molar-refractivity contribution in [3.8, 4) is 5.88 Å². The zero-order valence-corrected chi connectivity index (χ0v) is 11.9. The fourth-order valence-electron chi connectivity index (χ4n) is 1.41. The van der Waals surface area contributed by atoms with Gasteiger partial charge in [-0.15, -0.1) is 0 Å². The maximum absolute atomic E-state index is 12.1. The number of pyridine rings is 1. The molecule has 0 saturated heterocycles. The highest BCUT2D eigenvalue weighted by Gasteiger charge is 2.23. The fraction of sp³-hybridized carbons (Fsp3) is 0.583. The van der Waals surface area contributed by atoms with Crippen LogP contribution in [0.4, 0.5) is 0 Å². The Balaban J connectivity index is 2.74. The molecule has 0 radical (unpaired) electrons. The molecule has 0 N–H and O–H groups in total. The average Bonchev–Trinajstić information content (AvgIpc) is 2.27. The van der Waals surface area contributed by atoms with Gasteiger partial charge in [0.05, 0.1) is 35.1 Å². The number of hydrogen-bond acceptors (Lipinski definition) is 3. The maximum atomic E-state index is 12.1. The number of nitrogens with zero attached hydrogens (tertiary/aromatic N) is 2.